The summed E-state index contributed by atoms with van der Waals surface area (Å²) in [5.41, 5.74) is 5.39. The maximum Gasteiger partial charge on any atom is 0.472 e. The van der Waals surface area contributed by atoms with E-state index < -0.39 is 26.5 Å². The van der Waals surface area contributed by atoms with Gasteiger partial charge in [-0.15, -0.1) is 0 Å². The van der Waals surface area contributed by atoms with Gasteiger partial charge >= 0.3 is 19.8 Å². The molecule has 0 aliphatic carbocycles. The summed E-state index contributed by atoms with van der Waals surface area (Å²) in [7, 11) is -4.39. The Bertz CT molecular complexity index is 1660. The number of carbonyl (C=O) groups is 2. The van der Waals surface area contributed by atoms with E-state index in [0.717, 1.165) is 89.9 Å². The van der Waals surface area contributed by atoms with Crippen molar-refractivity contribution in [2.45, 2.75) is 290 Å². The van der Waals surface area contributed by atoms with Gasteiger partial charge < -0.3 is 20.1 Å². The lowest BCUT2D eigenvalue weighted by atomic mass is 10.0. The van der Waals surface area contributed by atoms with E-state index in [9.17, 15) is 19.0 Å². The van der Waals surface area contributed by atoms with Crippen molar-refractivity contribution < 1.29 is 37.6 Å². The molecule has 2 unspecified atom stereocenters. The Hall–Kier alpha value is -3.33. The predicted octanol–water partition coefficient (Wildman–Crippen LogP) is 21.0. The number of hydrogen-bond acceptors (Lipinski definition) is 8. The second-order valence-corrected chi connectivity index (χ2v) is 22.7. The molecule has 0 radical (unpaired) electrons. The third kappa shape index (κ3) is 63.7. The average molecular weight is 1120 g/mol. The highest BCUT2D eigenvalue weighted by Gasteiger charge is 2.26. The van der Waals surface area contributed by atoms with Crippen LogP contribution in [0.5, 0.6) is 0 Å². The minimum absolute atomic E-state index is 0.0502. The Balaban J connectivity index is 3.90. The number of phosphoric ester groups is 1. The normalized spacial score (nSPS) is 13.7. The largest absolute Gasteiger partial charge is 0.472 e. The standard InChI is InChI=1S/C69H120NO8P/c1-3-5-7-9-11-13-15-17-19-21-23-24-25-26-27-28-29-30-31-32-33-34-35-36-37-38-39-40-41-42-44-46-48-50-52-54-56-58-60-62-69(72)78-67(66-77-79(73,74)76-64-63-70)65-75-68(71)61-59-57-55-53-51-49-47-45-43-22-20-18-16-14-12-10-8-6-4-2/h5,7,11,13,17-20,23-24,26-27,29-30,32-33,35-36,67H,3-4,6,8-10,12,14-16,21-22,25,28,31,34,37-66,70H2,1-2H3,(H,73,74)/b7-5-,13-11-,19-17-,20-18-,24-23-,27-26-,30-29-,33-32-,36-35-. The van der Waals surface area contributed by atoms with E-state index in [1.165, 1.54) is 161 Å². The minimum Gasteiger partial charge on any atom is -0.462 e. The quantitative estimate of drug-likeness (QED) is 0.0264. The average Bonchev–Trinajstić information content (AvgIpc) is 3.44. The third-order valence-electron chi connectivity index (χ3n) is 13.6. The highest BCUT2D eigenvalue weighted by molar-refractivity contribution is 7.47. The van der Waals surface area contributed by atoms with Crippen LogP contribution < -0.4 is 5.73 Å². The van der Waals surface area contributed by atoms with Crippen molar-refractivity contribution in [2.24, 2.45) is 5.73 Å². The third-order valence-corrected chi connectivity index (χ3v) is 14.6. The zero-order valence-electron chi connectivity index (χ0n) is 50.8. The topological polar surface area (TPSA) is 134 Å². The van der Waals surface area contributed by atoms with Crippen LogP contribution in [0.1, 0.15) is 284 Å². The van der Waals surface area contributed by atoms with E-state index in [4.69, 9.17) is 24.3 Å². The summed E-state index contributed by atoms with van der Waals surface area (Å²) in [6.45, 7) is 3.64. The molecule has 0 heterocycles. The summed E-state index contributed by atoms with van der Waals surface area (Å²) in [6, 6.07) is 0. The van der Waals surface area contributed by atoms with Gasteiger partial charge in [0.2, 0.25) is 0 Å². The fourth-order valence-electron chi connectivity index (χ4n) is 8.88. The molecule has 0 aliphatic rings. The molecule has 454 valence electrons. The van der Waals surface area contributed by atoms with Crippen LogP contribution in [-0.4, -0.2) is 49.3 Å². The number of esters is 2. The molecule has 0 rings (SSSR count). The van der Waals surface area contributed by atoms with Gasteiger partial charge in [0.1, 0.15) is 6.61 Å². The van der Waals surface area contributed by atoms with Crippen molar-refractivity contribution in [3.8, 4) is 0 Å². The maximum absolute atomic E-state index is 12.7. The van der Waals surface area contributed by atoms with Gasteiger partial charge in [-0.2, -0.15) is 0 Å². The first-order valence-corrected chi connectivity index (χ1v) is 33.9. The lowest BCUT2D eigenvalue weighted by Gasteiger charge is -2.19. The lowest BCUT2D eigenvalue weighted by molar-refractivity contribution is -0.161. The van der Waals surface area contributed by atoms with Gasteiger partial charge in [-0.3, -0.25) is 18.6 Å². The molecule has 0 aromatic heterocycles. The molecule has 10 heteroatoms. The van der Waals surface area contributed by atoms with E-state index >= 15 is 0 Å². The Morgan fingerprint density at radius 2 is 0.696 bits per heavy atom. The zero-order valence-corrected chi connectivity index (χ0v) is 51.7. The van der Waals surface area contributed by atoms with E-state index in [-0.39, 0.29) is 38.6 Å². The number of hydrogen-bond donors (Lipinski definition) is 2. The second kappa shape index (κ2) is 63.8. The molecule has 0 aromatic carbocycles. The SMILES string of the molecule is CC/C=C\C/C=C\C/C=C\C/C=C\C/C=C\C/C=C\C/C=C\C/C=C\CCCCCCCCCCCCCCCCC(=O)OC(COC(=O)CCCCCCCCCCC/C=C\CCCCCCCC)COP(=O)(O)OCCN. The van der Waals surface area contributed by atoms with Crippen molar-refractivity contribution in [1.29, 1.82) is 0 Å². The number of allylic oxidation sites excluding steroid dienone is 18. The first-order chi connectivity index (χ1) is 38.8. The molecule has 0 saturated heterocycles. The van der Waals surface area contributed by atoms with Crippen LogP contribution in [0, 0.1) is 0 Å². The van der Waals surface area contributed by atoms with Crippen molar-refractivity contribution >= 4 is 19.8 Å². The van der Waals surface area contributed by atoms with Crippen LogP contribution in [0.15, 0.2) is 109 Å². The molecule has 0 amide bonds. The van der Waals surface area contributed by atoms with Crippen LogP contribution >= 0.6 is 7.82 Å². The molecular weight excluding hydrogens is 1000 g/mol. The highest BCUT2D eigenvalue weighted by Crippen LogP contribution is 2.43. The van der Waals surface area contributed by atoms with E-state index in [2.05, 4.69) is 123 Å². The van der Waals surface area contributed by atoms with Crippen LogP contribution in [0.2, 0.25) is 0 Å². The number of unbranched alkanes of at least 4 members (excludes halogenated alkanes) is 29. The fourth-order valence-corrected chi connectivity index (χ4v) is 9.65. The van der Waals surface area contributed by atoms with Crippen molar-refractivity contribution in [3.63, 3.8) is 0 Å². The molecule has 0 aliphatic heterocycles. The van der Waals surface area contributed by atoms with Gasteiger partial charge in [0, 0.05) is 19.4 Å². The zero-order chi connectivity index (χ0) is 57.3. The van der Waals surface area contributed by atoms with Gasteiger partial charge in [-0.25, -0.2) is 4.57 Å². The van der Waals surface area contributed by atoms with Crippen molar-refractivity contribution in [3.05, 3.63) is 109 Å². The second-order valence-electron chi connectivity index (χ2n) is 21.2. The fraction of sp³-hybridized carbons (Fsp3) is 0.710. The minimum atomic E-state index is -4.39. The van der Waals surface area contributed by atoms with Crippen LogP contribution in [-0.2, 0) is 32.7 Å². The summed E-state index contributed by atoms with van der Waals surface area (Å²) in [4.78, 5) is 35.2. The summed E-state index contributed by atoms with van der Waals surface area (Å²) >= 11 is 0. The van der Waals surface area contributed by atoms with E-state index in [1.54, 1.807) is 0 Å². The monoisotopic (exact) mass is 1120 g/mol. The van der Waals surface area contributed by atoms with Crippen LogP contribution in [0.3, 0.4) is 0 Å². The summed E-state index contributed by atoms with van der Waals surface area (Å²) in [5.74, 6) is -0.827. The molecule has 0 aromatic rings. The molecule has 79 heavy (non-hydrogen) atoms. The van der Waals surface area contributed by atoms with Gasteiger partial charge in [-0.1, -0.05) is 277 Å². The van der Waals surface area contributed by atoms with Crippen LogP contribution in [0.4, 0.5) is 0 Å². The van der Waals surface area contributed by atoms with Crippen molar-refractivity contribution in [1.82, 2.24) is 0 Å². The first kappa shape index (κ1) is 75.7. The first-order valence-electron chi connectivity index (χ1n) is 32.4. The maximum atomic E-state index is 12.7. The molecule has 0 bridgehead atoms. The molecular formula is C69H120NO8P. The van der Waals surface area contributed by atoms with Crippen molar-refractivity contribution in [2.75, 3.05) is 26.4 Å². The number of carbonyl (C=O) groups excluding carboxylic acids is 2. The van der Waals surface area contributed by atoms with Gasteiger partial charge in [0.15, 0.2) is 6.10 Å². The molecule has 0 spiro atoms. The Morgan fingerprint density at radius 1 is 0.392 bits per heavy atom. The van der Waals surface area contributed by atoms with Gasteiger partial charge in [-0.05, 0) is 103 Å². The van der Waals surface area contributed by atoms with Gasteiger partial charge in [0.25, 0.3) is 0 Å². The summed E-state index contributed by atoms with van der Waals surface area (Å²) < 4.78 is 33.1. The number of nitrogens with two attached hydrogens (primary N) is 1. The summed E-state index contributed by atoms with van der Waals surface area (Å²) in [6.07, 6.45) is 87.3. The number of phosphoric acid groups is 1. The Labute approximate surface area is 486 Å². The Morgan fingerprint density at radius 3 is 1.05 bits per heavy atom. The smallest absolute Gasteiger partial charge is 0.462 e. The van der Waals surface area contributed by atoms with Crippen LogP contribution in [0.25, 0.3) is 0 Å². The highest BCUT2D eigenvalue weighted by atomic mass is 31.2. The lowest BCUT2D eigenvalue weighted by Crippen LogP contribution is -2.29. The Kier molecular flexibility index (Phi) is 61.2. The molecule has 3 N–H and O–H groups in total. The molecule has 0 fully saturated rings. The number of ether oxygens (including phenoxy) is 2. The predicted molar refractivity (Wildman–Crippen MR) is 339 cm³/mol. The van der Waals surface area contributed by atoms with E-state index in [0.29, 0.717) is 6.42 Å². The molecule has 9 nitrogen and oxygen atoms in total. The van der Waals surface area contributed by atoms with E-state index in [1.807, 2.05) is 0 Å². The number of rotatable bonds is 60. The molecule has 0 saturated carbocycles. The summed E-state index contributed by atoms with van der Waals surface area (Å²) in [5, 5.41) is 0. The molecule has 2 atom stereocenters. The van der Waals surface area contributed by atoms with Gasteiger partial charge in [0.05, 0.1) is 13.2 Å².